The van der Waals surface area contributed by atoms with E-state index < -0.39 is 6.10 Å². The smallest absolute Gasteiger partial charge is 0.224 e. The number of nitrogens with one attached hydrogen (secondary N) is 2. The molecule has 1 unspecified atom stereocenters. The van der Waals surface area contributed by atoms with Crippen LogP contribution in [0.5, 0.6) is 5.75 Å². The van der Waals surface area contributed by atoms with Crippen molar-refractivity contribution in [3.63, 3.8) is 0 Å². The van der Waals surface area contributed by atoms with Crippen LogP contribution >= 0.6 is 11.6 Å². The SMILES string of the molecule is O=C(Cc1ccccc1Cl)NCCNCC(O)COc1cccc2ccccc12. The van der Waals surface area contributed by atoms with E-state index in [1.165, 1.54) is 0 Å². The van der Waals surface area contributed by atoms with Gasteiger partial charge >= 0.3 is 0 Å². The normalized spacial score (nSPS) is 11.9. The first kappa shape index (κ1) is 21.1. The molecule has 29 heavy (non-hydrogen) atoms. The number of carbonyl (C=O) groups excluding carboxylic acids is 1. The number of hydrogen-bond acceptors (Lipinski definition) is 4. The molecule has 5 nitrogen and oxygen atoms in total. The molecule has 0 aliphatic heterocycles. The van der Waals surface area contributed by atoms with Gasteiger partial charge in [-0.25, -0.2) is 0 Å². The Morgan fingerprint density at radius 2 is 1.76 bits per heavy atom. The van der Waals surface area contributed by atoms with Crippen molar-refractivity contribution in [2.75, 3.05) is 26.2 Å². The number of halogens is 1. The van der Waals surface area contributed by atoms with Crippen molar-refractivity contribution in [1.29, 1.82) is 0 Å². The Morgan fingerprint density at radius 1 is 1.00 bits per heavy atom. The summed E-state index contributed by atoms with van der Waals surface area (Å²) in [5.74, 6) is 0.675. The summed E-state index contributed by atoms with van der Waals surface area (Å²) in [7, 11) is 0. The first-order valence-corrected chi connectivity index (χ1v) is 10.0. The number of fused-ring (bicyclic) bond motifs is 1. The van der Waals surface area contributed by atoms with E-state index in [0.29, 0.717) is 24.7 Å². The highest BCUT2D eigenvalue weighted by Gasteiger charge is 2.08. The Bertz CT molecular complexity index is 943. The minimum Gasteiger partial charge on any atom is -0.490 e. The summed E-state index contributed by atoms with van der Waals surface area (Å²) in [6, 6.07) is 21.2. The number of amides is 1. The van der Waals surface area contributed by atoms with Crippen molar-refractivity contribution in [2.45, 2.75) is 12.5 Å². The van der Waals surface area contributed by atoms with Gasteiger partial charge in [-0.2, -0.15) is 0 Å². The minimum atomic E-state index is -0.646. The van der Waals surface area contributed by atoms with Crippen LogP contribution in [0.15, 0.2) is 66.7 Å². The molecule has 3 rings (SSSR count). The molecule has 0 bridgehead atoms. The predicted octanol–water partition coefficient (Wildman–Crippen LogP) is 3.18. The number of benzene rings is 3. The summed E-state index contributed by atoms with van der Waals surface area (Å²) in [6.45, 7) is 1.60. The van der Waals surface area contributed by atoms with Crippen LogP contribution in [0, 0.1) is 0 Å². The average molecular weight is 413 g/mol. The molecule has 0 fully saturated rings. The summed E-state index contributed by atoms with van der Waals surface area (Å²) in [4.78, 5) is 12.0. The van der Waals surface area contributed by atoms with E-state index in [2.05, 4.69) is 10.6 Å². The monoisotopic (exact) mass is 412 g/mol. The molecule has 0 saturated carbocycles. The molecular formula is C23H25ClN2O3. The van der Waals surface area contributed by atoms with Crippen LogP contribution in [0.2, 0.25) is 5.02 Å². The van der Waals surface area contributed by atoms with Crippen molar-refractivity contribution >= 4 is 28.3 Å². The zero-order valence-corrected chi connectivity index (χ0v) is 16.9. The second-order valence-corrected chi connectivity index (χ2v) is 7.17. The highest BCUT2D eigenvalue weighted by molar-refractivity contribution is 6.31. The third kappa shape index (κ3) is 6.46. The first-order valence-electron chi connectivity index (χ1n) is 9.63. The molecule has 0 saturated heterocycles. The van der Waals surface area contributed by atoms with Gasteiger partial charge in [0.15, 0.2) is 0 Å². The van der Waals surface area contributed by atoms with Crippen LogP contribution in [0.25, 0.3) is 10.8 Å². The number of hydrogen-bond donors (Lipinski definition) is 3. The van der Waals surface area contributed by atoms with Crippen molar-refractivity contribution in [3.8, 4) is 5.75 Å². The lowest BCUT2D eigenvalue weighted by molar-refractivity contribution is -0.120. The molecule has 0 radical (unpaired) electrons. The van der Waals surface area contributed by atoms with Gasteiger partial charge < -0.3 is 20.5 Å². The Morgan fingerprint density at radius 3 is 2.62 bits per heavy atom. The van der Waals surface area contributed by atoms with Gasteiger partial charge in [0.05, 0.1) is 6.42 Å². The fourth-order valence-electron chi connectivity index (χ4n) is 3.00. The average Bonchev–Trinajstić information content (AvgIpc) is 2.73. The molecule has 0 heterocycles. The standard InChI is InChI=1S/C23H25ClN2O3/c24-21-10-4-2-7-18(21)14-23(28)26-13-12-25-15-19(27)16-29-22-11-5-8-17-6-1-3-9-20(17)22/h1-11,19,25,27H,12-16H2,(H,26,28). The van der Waals surface area contributed by atoms with Crippen LogP contribution in [-0.4, -0.2) is 43.4 Å². The number of rotatable bonds is 10. The van der Waals surface area contributed by atoms with Crippen molar-refractivity contribution in [1.82, 2.24) is 10.6 Å². The highest BCUT2D eigenvalue weighted by atomic mass is 35.5. The number of carbonyl (C=O) groups is 1. The minimum absolute atomic E-state index is 0.0836. The molecular weight excluding hydrogens is 388 g/mol. The molecule has 0 aliphatic rings. The van der Waals surface area contributed by atoms with Gasteiger partial charge in [0.25, 0.3) is 0 Å². The van der Waals surface area contributed by atoms with Gasteiger partial charge in [0, 0.05) is 30.0 Å². The maximum Gasteiger partial charge on any atom is 0.224 e. The van der Waals surface area contributed by atoms with Gasteiger partial charge in [-0.3, -0.25) is 4.79 Å². The maximum atomic E-state index is 12.0. The Hall–Kier alpha value is -2.60. The lowest BCUT2D eigenvalue weighted by atomic mass is 10.1. The molecule has 152 valence electrons. The second-order valence-electron chi connectivity index (χ2n) is 6.76. The van der Waals surface area contributed by atoms with E-state index >= 15 is 0 Å². The van der Waals surface area contributed by atoms with Crippen LogP contribution in [0.1, 0.15) is 5.56 Å². The molecule has 6 heteroatoms. The summed E-state index contributed by atoms with van der Waals surface area (Å²) in [5, 5.41) is 18.8. The van der Waals surface area contributed by atoms with E-state index in [0.717, 1.165) is 22.1 Å². The molecule has 3 aromatic rings. The zero-order valence-electron chi connectivity index (χ0n) is 16.1. The largest absolute Gasteiger partial charge is 0.490 e. The quantitative estimate of drug-likeness (QED) is 0.447. The summed E-state index contributed by atoms with van der Waals surface area (Å²) in [5.41, 5.74) is 0.806. The molecule has 1 atom stereocenters. The lowest BCUT2D eigenvalue weighted by Crippen LogP contribution is -2.37. The van der Waals surface area contributed by atoms with Crippen molar-refractivity contribution in [2.24, 2.45) is 0 Å². The third-order valence-electron chi connectivity index (χ3n) is 4.49. The fraction of sp³-hybridized carbons (Fsp3) is 0.261. The Labute approximate surface area is 175 Å². The van der Waals surface area contributed by atoms with E-state index in [4.69, 9.17) is 16.3 Å². The maximum absolute atomic E-state index is 12.0. The number of ether oxygens (including phenoxy) is 1. The van der Waals surface area contributed by atoms with Gasteiger partial charge in [0.2, 0.25) is 5.91 Å². The molecule has 0 spiro atoms. The molecule has 3 N–H and O–H groups in total. The van der Waals surface area contributed by atoms with Crippen LogP contribution in [-0.2, 0) is 11.2 Å². The Kier molecular flexibility index (Phi) is 7.87. The van der Waals surface area contributed by atoms with Crippen molar-refractivity contribution < 1.29 is 14.6 Å². The van der Waals surface area contributed by atoms with Crippen LogP contribution in [0.3, 0.4) is 0 Å². The van der Waals surface area contributed by atoms with Crippen LogP contribution < -0.4 is 15.4 Å². The first-order chi connectivity index (χ1) is 14.1. The molecule has 0 aromatic heterocycles. The number of aliphatic hydroxyl groups is 1. The highest BCUT2D eigenvalue weighted by Crippen LogP contribution is 2.25. The molecule has 1 amide bonds. The number of aliphatic hydroxyl groups excluding tert-OH is 1. The predicted molar refractivity (Wildman–Crippen MR) is 116 cm³/mol. The zero-order chi connectivity index (χ0) is 20.5. The fourth-order valence-corrected chi connectivity index (χ4v) is 3.21. The summed E-state index contributed by atoms with van der Waals surface area (Å²) >= 11 is 6.06. The van der Waals surface area contributed by atoms with E-state index in [1.54, 1.807) is 6.07 Å². The summed E-state index contributed by atoms with van der Waals surface area (Å²) in [6.07, 6.45) is -0.394. The van der Waals surface area contributed by atoms with Crippen LogP contribution in [0.4, 0.5) is 0 Å². The molecule has 0 aliphatic carbocycles. The Balaban J connectivity index is 1.32. The van der Waals surface area contributed by atoms with Gasteiger partial charge in [0.1, 0.15) is 18.5 Å². The lowest BCUT2D eigenvalue weighted by Gasteiger charge is -2.15. The second kappa shape index (κ2) is 10.8. The molecule has 3 aromatic carbocycles. The van der Waals surface area contributed by atoms with E-state index in [1.807, 2.05) is 60.7 Å². The summed E-state index contributed by atoms with van der Waals surface area (Å²) < 4.78 is 5.78. The van der Waals surface area contributed by atoms with E-state index in [-0.39, 0.29) is 18.9 Å². The van der Waals surface area contributed by atoms with Gasteiger partial charge in [-0.05, 0) is 23.1 Å². The van der Waals surface area contributed by atoms with Gasteiger partial charge in [-0.15, -0.1) is 0 Å². The third-order valence-corrected chi connectivity index (χ3v) is 4.86. The van der Waals surface area contributed by atoms with Crippen molar-refractivity contribution in [3.05, 3.63) is 77.3 Å². The van der Waals surface area contributed by atoms with Gasteiger partial charge in [-0.1, -0.05) is 66.2 Å². The van der Waals surface area contributed by atoms with E-state index in [9.17, 15) is 9.90 Å². The topological polar surface area (TPSA) is 70.6 Å².